The molecular formula is C23H22FN5O4S2. The van der Waals surface area contributed by atoms with Crippen molar-refractivity contribution in [3.63, 3.8) is 0 Å². The number of ether oxygens (including phenoxy) is 1. The predicted molar refractivity (Wildman–Crippen MR) is 130 cm³/mol. The topological polar surface area (TPSA) is 97.1 Å². The third-order valence-corrected chi connectivity index (χ3v) is 8.67. The van der Waals surface area contributed by atoms with Gasteiger partial charge in [0.15, 0.2) is 0 Å². The quantitative estimate of drug-likeness (QED) is 0.389. The lowest BCUT2D eigenvalue weighted by Gasteiger charge is -2.33. The fraction of sp³-hybridized carbons (Fsp3) is 0.261. The van der Waals surface area contributed by atoms with Crippen LogP contribution in [0.15, 0.2) is 64.3 Å². The number of hydrogen-bond acceptors (Lipinski definition) is 8. The second-order valence-corrected chi connectivity index (χ2v) is 10.9. The van der Waals surface area contributed by atoms with Gasteiger partial charge in [0, 0.05) is 44.4 Å². The highest BCUT2D eigenvalue weighted by Crippen LogP contribution is 2.26. The number of nitrogens with zero attached hydrogens (tertiary/aromatic N) is 5. The minimum Gasteiger partial charge on any atom is -0.497 e. The van der Waals surface area contributed by atoms with E-state index in [4.69, 9.17) is 4.74 Å². The monoisotopic (exact) mass is 515 g/mol. The zero-order valence-corrected chi connectivity index (χ0v) is 20.4. The molecule has 9 nitrogen and oxygen atoms in total. The molecule has 5 rings (SSSR count). The minimum atomic E-state index is -3.68. The highest BCUT2D eigenvalue weighted by Gasteiger charge is 2.28. The Labute approximate surface area is 205 Å². The average Bonchev–Trinajstić information content (AvgIpc) is 3.30. The van der Waals surface area contributed by atoms with Crippen molar-refractivity contribution in [3.05, 3.63) is 76.5 Å². The summed E-state index contributed by atoms with van der Waals surface area (Å²) in [6, 6.07) is 13.7. The van der Waals surface area contributed by atoms with E-state index in [1.54, 1.807) is 7.11 Å². The first-order chi connectivity index (χ1) is 16.8. The van der Waals surface area contributed by atoms with Crippen LogP contribution in [0, 0.1) is 5.82 Å². The summed E-state index contributed by atoms with van der Waals surface area (Å²) in [6.45, 7) is 1.99. The maximum Gasteiger partial charge on any atom is 0.275 e. The molecule has 0 amide bonds. The van der Waals surface area contributed by atoms with Crippen molar-refractivity contribution in [2.24, 2.45) is 0 Å². The molecule has 35 heavy (non-hydrogen) atoms. The fourth-order valence-electron chi connectivity index (χ4n) is 3.90. The molecule has 0 radical (unpaired) electrons. The molecule has 1 aliphatic heterocycles. The van der Waals surface area contributed by atoms with Crippen LogP contribution in [0.25, 0.3) is 15.5 Å². The van der Waals surface area contributed by atoms with Gasteiger partial charge in [0.25, 0.3) is 5.56 Å². The van der Waals surface area contributed by atoms with E-state index in [2.05, 4.69) is 15.0 Å². The van der Waals surface area contributed by atoms with Crippen molar-refractivity contribution in [2.75, 3.05) is 33.3 Å². The molecule has 182 valence electrons. The number of benzene rings is 2. The van der Waals surface area contributed by atoms with E-state index in [1.807, 2.05) is 24.3 Å². The maximum absolute atomic E-state index is 13.2. The molecule has 0 bridgehead atoms. The van der Waals surface area contributed by atoms with Crippen molar-refractivity contribution >= 4 is 26.3 Å². The van der Waals surface area contributed by atoms with Gasteiger partial charge in [-0.15, -0.1) is 0 Å². The Hall–Kier alpha value is -3.19. The van der Waals surface area contributed by atoms with Gasteiger partial charge in [0.2, 0.25) is 15.0 Å². The van der Waals surface area contributed by atoms with Gasteiger partial charge in [0.1, 0.15) is 16.6 Å². The molecule has 0 unspecified atom stereocenters. The largest absolute Gasteiger partial charge is 0.497 e. The van der Waals surface area contributed by atoms with Crippen LogP contribution in [0.2, 0.25) is 0 Å². The zero-order valence-electron chi connectivity index (χ0n) is 18.8. The van der Waals surface area contributed by atoms with Crippen LogP contribution in [0.5, 0.6) is 5.75 Å². The van der Waals surface area contributed by atoms with Crippen molar-refractivity contribution in [1.29, 1.82) is 0 Å². The molecular weight excluding hydrogens is 493 g/mol. The Balaban J connectivity index is 1.28. The molecule has 2 aromatic heterocycles. The number of methoxy groups -OCH3 is 1. The van der Waals surface area contributed by atoms with Gasteiger partial charge < -0.3 is 4.74 Å². The van der Waals surface area contributed by atoms with Gasteiger partial charge in [-0.1, -0.05) is 11.3 Å². The molecule has 4 aromatic rings. The summed E-state index contributed by atoms with van der Waals surface area (Å²) in [5.41, 5.74) is 1.20. The second-order valence-electron chi connectivity index (χ2n) is 8.05. The number of hydrogen-bond donors (Lipinski definition) is 0. The van der Waals surface area contributed by atoms with Crippen molar-refractivity contribution < 1.29 is 17.5 Å². The van der Waals surface area contributed by atoms with Crippen LogP contribution >= 0.6 is 11.3 Å². The second kappa shape index (κ2) is 9.46. The SMILES string of the molecule is COc1ccc(-c2nn3c(=O)cc(CN4CCN(S(=O)(=O)c5ccc(F)cc5)CC4)nc3s2)cc1. The van der Waals surface area contributed by atoms with Gasteiger partial charge in [0.05, 0.1) is 17.7 Å². The lowest BCUT2D eigenvalue weighted by atomic mass is 10.2. The zero-order chi connectivity index (χ0) is 24.6. The Morgan fingerprint density at radius 1 is 1.03 bits per heavy atom. The van der Waals surface area contributed by atoms with Gasteiger partial charge in [-0.2, -0.15) is 13.9 Å². The van der Waals surface area contributed by atoms with E-state index in [1.165, 1.54) is 38.4 Å². The van der Waals surface area contributed by atoms with Crippen molar-refractivity contribution in [2.45, 2.75) is 11.4 Å². The molecule has 1 fully saturated rings. The molecule has 0 spiro atoms. The number of aromatic nitrogens is 3. The molecule has 0 saturated carbocycles. The summed E-state index contributed by atoms with van der Waals surface area (Å²) in [6.07, 6.45) is 0. The Morgan fingerprint density at radius 3 is 2.37 bits per heavy atom. The van der Waals surface area contributed by atoms with E-state index < -0.39 is 15.8 Å². The first-order valence-electron chi connectivity index (χ1n) is 10.9. The van der Waals surface area contributed by atoms with E-state index in [-0.39, 0.29) is 10.5 Å². The maximum atomic E-state index is 13.2. The van der Waals surface area contributed by atoms with Crippen LogP contribution in [0.4, 0.5) is 4.39 Å². The van der Waals surface area contributed by atoms with E-state index >= 15 is 0 Å². The minimum absolute atomic E-state index is 0.0744. The van der Waals surface area contributed by atoms with Crippen LogP contribution < -0.4 is 10.3 Å². The predicted octanol–water partition coefficient (Wildman–Crippen LogP) is 2.47. The normalized spacial score (nSPS) is 15.5. The van der Waals surface area contributed by atoms with Crippen LogP contribution in [0.1, 0.15) is 5.69 Å². The molecule has 1 aliphatic rings. The number of halogens is 1. The first-order valence-corrected chi connectivity index (χ1v) is 13.1. The molecule has 1 saturated heterocycles. The van der Waals surface area contributed by atoms with Gasteiger partial charge in [-0.05, 0) is 48.5 Å². The average molecular weight is 516 g/mol. The fourth-order valence-corrected chi connectivity index (χ4v) is 6.25. The molecule has 0 N–H and O–H groups in total. The lowest BCUT2D eigenvalue weighted by molar-refractivity contribution is 0.180. The third kappa shape index (κ3) is 4.82. The first kappa shape index (κ1) is 23.5. The Kier molecular flexibility index (Phi) is 6.36. The summed E-state index contributed by atoms with van der Waals surface area (Å²) < 4.78 is 46.7. The summed E-state index contributed by atoms with van der Waals surface area (Å²) in [4.78, 5) is 19.9. The highest BCUT2D eigenvalue weighted by atomic mass is 32.2. The summed E-state index contributed by atoms with van der Waals surface area (Å²) in [7, 11) is -2.08. The Morgan fingerprint density at radius 2 is 1.71 bits per heavy atom. The third-order valence-electron chi connectivity index (χ3n) is 5.80. The standard InChI is InChI=1S/C23H22FN5O4S2/c1-33-19-6-2-16(3-7-19)22-26-29-21(30)14-18(25-23(29)34-22)15-27-10-12-28(13-11-27)35(31,32)20-8-4-17(24)5-9-20/h2-9,14H,10-13,15H2,1H3. The van der Waals surface area contributed by atoms with Crippen molar-refractivity contribution in [3.8, 4) is 16.3 Å². The van der Waals surface area contributed by atoms with Crippen LogP contribution in [0.3, 0.4) is 0 Å². The van der Waals surface area contributed by atoms with Gasteiger partial charge in [-0.25, -0.2) is 17.8 Å². The van der Waals surface area contributed by atoms with Gasteiger partial charge >= 0.3 is 0 Å². The van der Waals surface area contributed by atoms with Crippen LogP contribution in [-0.2, 0) is 16.6 Å². The number of sulfonamides is 1. The summed E-state index contributed by atoms with van der Waals surface area (Å²) in [5, 5.41) is 5.08. The van der Waals surface area contributed by atoms with E-state index in [0.29, 0.717) is 48.4 Å². The lowest BCUT2D eigenvalue weighted by Crippen LogP contribution is -2.48. The molecule has 3 heterocycles. The van der Waals surface area contributed by atoms with E-state index in [9.17, 15) is 17.6 Å². The highest BCUT2D eigenvalue weighted by molar-refractivity contribution is 7.89. The number of rotatable bonds is 6. The van der Waals surface area contributed by atoms with E-state index in [0.717, 1.165) is 23.4 Å². The van der Waals surface area contributed by atoms with Crippen molar-refractivity contribution in [1.82, 2.24) is 23.8 Å². The number of piperazine rings is 1. The molecule has 0 aliphatic carbocycles. The molecule has 12 heteroatoms. The number of fused-ring (bicyclic) bond motifs is 1. The summed E-state index contributed by atoms with van der Waals surface area (Å²) >= 11 is 1.32. The molecule has 0 atom stereocenters. The smallest absolute Gasteiger partial charge is 0.275 e. The van der Waals surface area contributed by atoms with Crippen LogP contribution in [-0.4, -0.2) is 65.5 Å². The Bertz CT molecular complexity index is 1510. The summed E-state index contributed by atoms with van der Waals surface area (Å²) in [5.74, 6) is 0.254. The van der Waals surface area contributed by atoms with Gasteiger partial charge in [-0.3, -0.25) is 9.69 Å². The molecule has 2 aromatic carbocycles.